The molecule has 6 heteroatoms. The number of aromatic nitrogens is 2. The number of hydrogen-bond donors (Lipinski definition) is 1. The van der Waals surface area contributed by atoms with Crippen LogP contribution in [0.4, 0.5) is 5.69 Å². The molecule has 5 nitrogen and oxygen atoms in total. The van der Waals surface area contributed by atoms with Crippen LogP contribution in [0.1, 0.15) is 71.5 Å². The molecule has 200 valence electrons. The summed E-state index contributed by atoms with van der Waals surface area (Å²) in [4.78, 5) is 6.99. The minimum Gasteiger partial charge on any atom is -0.490 e. The summed E-state index contributed by atoms with van der Waals surface area (Å²) >= 11 is 5.99. The van der Waals surface area contributed by atoms with E-state index in [2.05, 4.69) is 97.1 Å². The van der Waals surface area contributed by atoms with Gasteiger partial charge in [0.15, 0.2) is 5.11 Å². The minimum atomic E-state index is -0.0827. The lowest BCUT2D eigenvalue weighted by molar-refractivity contribution is 0.210. The second-order valence-electron chi connectivity index (χ2n) is 11.0. The van der Waals surface area contributed by atoms with E-state index in [0.29, 0.717) is 11.2 Å². The van der Waals surface area contributed by atoms with E-state index in [1.165, 1.54) is 46.6 Å². The molecule has 0 spiro atoms. The first-order chi connectivity index (χ1) is 18.9. The van der Waals surface area contributed by atoms with Crippen molar-refractivity contribution < 1.29 is 4.74 Å². The molecule has 1 N–H and O–H groups in total. The van der Waals surface area contributed by atoms with E-state index in [-0.39, 0.29) is 12.1 Å². The minimum absolute atomic E-state index is 0.0564. The van der Waals surface area contributed by atoms with E-state index < -0.39 is 0 Å². The molecule has 2 aromatic heterocycles. The van der Waals surface area contributed by atoms with Crippen LogP contribution in [0.2, 0.25) is 0 Å². The topological polar surface area (TPSA) is 42.3 Å². The van der Waals surface area contributed by atoms with E-state index in [4.69, 9.17) is 21.9 Å². The van der Waals surface area contributed by atoms with Crippen molar-refractivity contribution in [2.75, 3.05) is 4.90 Å². The highest BCUT2D eigenvalue weighted by atomic mass is 32.1. The molecule has 4 aromatic rings. The van der Waals surface area contributed by atoms with Gasteiger partial charge in [0, 0.05) is 29.0 Å². The van der Waals surface area contributed by atoms with E-state index in [1.54, 1.807) is 0 Å². The molecule has 1 aliphatic carbocycles. The summed E-state index contributed by atoms with van der Waals surface area (Å²) in [5.74, 6) is 0.926. The van der Waals surface area contributed by atoms with Crippen LogP contribution in [0.5, 0.6) is 5.75 Å². The molecule has 3 heterocycles. The van der Waals surface area contributed by atoms with Crippen LogP contribution in [0, 0.1) is 27.7 Å². The van der Waals surface area contributed by atoms with Crippen LogP contribution in [-0.2, 0) is 0 Å². The van der Waals surface area contributed by atoms with Gasteiger partial charge in [0.2, 0.25) is 0 Å². The summed E-state index contributed by atoms with van der Waals surface area (Å²) in [5, 5.41) is 4.32. The zero-order valence-electron chi connectivity index (χ0n) is 23.1. The molecule has 2 aliphatic rings. The molecule has 1 aliphatic heterocycles. The summed E-state index contributed by atoms with van der Waals surface area (Å²) in [6.07, 6.45) is 6.99. The second-order valence-corrected chi connectivity index (χ2v) is 11.4. The Kier molecular flexibility index (Phi) is 6.90. The summed E-state index contributed by atoms with van der Waals surface area (Å²) in [6.45, 7) is 8.74. The highest BCUT2D eigenvalue weighted by Crippen LogP contribution is 2.44. The number of anilines is 1. The normalized spacial score (nSPS) is 19.5. The van der Waals surface area contributed by atoms with Crippen molar-refractivity contribution in [3.63, 3.8) is 0 Å². The first-order valence-electron chi connectivity index (χ1n) is 13.9. The second kappa shape index (κ2) is 10.5. The smallest absolute Gasteiger partial charge is 0.174 e. The van der Waals surface area contributed by atoms with Crippen LogP contribution >= 0.6 is 12.2 Å². The molecule has 0 unspecified atom stereocenters. The van der Waals surface area contributed by atoms with Crippen LogP contribution in [0.15, 0.2) is 72.9 Å². The van der Waals surface area contributed by atoms with Gasteiger partial charge in [-0.05, 0) is 131 Å². The van der Waals surface area contributed by atoms with Crippen molar-refractivity contribution in [2.24, 2.45) is 0 Å². The Balaban J connectivity index is 1.43. The van der Waals surface area contributed by atoms with Gasteiger partial charge in [-0.3, -0.25) is 4.98 Å². The lowest BCUT2D eigenvalue weighted by atomic mass is 9.96. The van der Waals surface area contributed by atoms with E-state index >= 15 is 0 Å². The van der Waals surface area contributed by atoms with E-state index in [9.17, 15) is 0 Å². The lowest BCUT2D eigenvalue weighted by Gasteiger charge is -2.28. The number of nitrogens with zero attached hydrogens (tertiary/aromatic N) is 3. The summed E-state index contributed by atoms with van der Waals surface area (Å²) in [5.41, 5.74) is 9.41. The molecule has 1 saturated heterocycles. The van der Waals surface area contributed by atoms with Gasteiger partial charge in [0.05, 0.1) is 23.9 Å². The Hall–Kier alpha value is -3.64. The first-order valence-corrected chi connectivity index (χ1v) is 14.4. The predicted octanol–water partition coefficient (Wildman–Crippen LogP) is 7.60. The number of thiocarbonyl (C=S) groups is 1. The number of nitrogens with one attached hydrogen (secondary N) is 1. The van der Waals surface area contributed by atoms with Crippen LogP contribution < -0.4 is 15.0 Å². The molecule has 2 aromatic carbocycles. The molecular formula is C33H36N4OS. The average Bonchev–Trinajstić information content (AvgIpc) is 3.64. The van der Waals surface area contributed by atoms with Gasteiger partial charge in [-0.25, -0.2) is 0 Å². The fourth-order valence-corrected chi connectivity index (χ4v) is 6.60. The Morgan fingerprint density at radius 1 is 0.923 bits per heavy atom. The maximum absolute atomic E-state index is 6.25. The Bertz CT molecular complexity index is 1490. The zero-order chi connectivity index (χ0) is 27.1. The maximum Gasteiger partial charge on any atom is 0.174 e. The predicted molar refractivity (Wildman–Crippen MR) is 162 cm³/mol. The van der Waals surface area contributed by atoms with Gasteiger partial charge >= 0.3 is 0 Å². The summed E-state index contributed by atoms with van der Waals surface area (Å²) < 4.78 is 8.63. The van der Waals surface area contributed by atoms with Crippen molar-refractivity contribution in [2.45, 2.75) is 71.6 Å². The Labute approximate surface area is 236 Å². The fourth-order valence-electron chi connectivity index (χ4n) is 6.25. The van der Waals surface area contributed by atoms with Gasteiger partial charge in [-0.1, -0.05) is 18.2 Å². The third-order valence-electron chi connectivity index (χ3n) is 8.21. The van der Waals surface area contributed by atoms with E-state index in [1.807, 2.05) is 18.3 Å². The van der Waals surface area contributed by atoms with Crippen molar-refractivity contribution in [1.82, 2.24) is 14.9 Å². The number of aryl methyl sites for hydroxylation is 3. The SMILES string of the molecule is Cc1ccc(C)c(-n2c(C)cc([C@@H]3[C@H](c4ccccn4)NC(=S)N3c3ccc(OC4CCCC4)cc3)c2C)c1. The third kappa shape index (κ3) is 4.82. The third-order valence-corrected chi connectivity index (χ3v) is 8.53. The number of rotatable bonds is 6. The van der Waals surface area contributed by atoms with Crippen molar-refractivity contribution >= 4 is 23.0 Å². The molecular weight excluding hydrogens is 500 g/mol. The average molecular weight is 537 g/mol. The highest BCUT2D eigenvalue weighted by molar-refractivity contribution is 7.80. The molecule has 6 rings (SSSR count). The standard InChI is InChI=1S/C33H36N4OS/c1-21-12-13-22(2)30(19-21)36-23(3)20-28(24(36)4)32-31(29-11-7-8-18-34-29)35-33(39)37(32)25-14-16-27(17-15-25)38-26-9-5-6-10-26/h7-8,11-20,26,31-32H,5-6,9-10H2,1-4H3,(H,35,39)/t31-,32+/m0/s1. The Morgan fingerprint density at radius 2 is 1.69 bits per heavy atom. The number of ether oxygens (including phenoxy) is 1. The van der Waals surface area contributed by atoms with Gasteiger partial charge in [0.1, 0.15) is 5.75 Å². The summed E-state index contributed by atoms with van der Waals surface area (Å²) in [7, 11) is 0. The van der Waals surface area contributed by atoms with Crippen molar-refractivity contribution in [3.05, 3.63) is 107 Å². The van der Waals surface area contributed by atoms with E-state index in [0.717, 1.165) is 30.0 Å². The molecule has 2 fully saturated rings. The van der Waals surface area contributed by atoms with Crippen LogP contribution in [0.3, 0.4) is 0 Å². The molecule has 39 heavy (non-hydrogen) atoms. The number of benzene rings is 2. The molecule has 2 atom stereocenters. The van der Waals surface area contributed by atoms with Crippen LogP contribution in [0.25, 0.3) is 5.69 Å². The van der Waals surface area contributed by atoms with Gasteiger partial charge in [-0.15, -0.1) is 0 Å². The Morgan fingerprint density at radius 3 is 2.41 bits per heavy atom. The maximum atomic E-state index is 6.25. The monoisotopic (exact) mass is 536 g/mol. The van der Waals surface area contributed by atoms with Crippen LogP contribution in [-0.4, -0.2) is 20.8 Å². The van der Waals surface area contributed by atoms with Gasteiger partial charge in [0.25, 0.3) is 0 Å². The van der Waals surface area contributed by atoms with Gasteiger partial charge in [-0.2, -0.15) is 0 Å². The highest BCUT2D eigenvalue weighted by Gasteiger charge is 2.42. The summed E-state index contributed by atoms with van der Waals surface area (Å²) in [6, 6.07) is 23.3. The number of hydrogen-bond acceptors (Lipinski definition) is 3. The molecule has 1 saturated carbocycles. The molecule has 0 bridgehead atoms. The van der Waals surface area contributed by atoms with Crippen molar-refractivity contribution in [3.8, 4) is 11.4 Å². The molecule has 0 amide bonds. The first kappa shape index (κ1) is 25.6. The van der Waals surface area contributed by atoms with Crippen molar-refractivity contribution in [1.29, 1.82) is 0 Å². The number of pyridine rings is 1. The largest absolute Gasteiger partial charge is 0.490 e. The lowest BCUT2D eigenvalue weighted by Crippen LogP contribution is -2.29. The zero-order valence-corrected chi connectivity index (χ0v) is 24.0. The molecule has 0 radical (unpaired) electrons. The van der Waals surface area contributed by atoms with Gasteiger partial charge < -0.3 is 19.5 Å². The fraction of sp³-hybridized carbons (Fsp3) is 0.333. The quantitative estimate of drug-likeness (QED) is 0.257.